The number of aromatic hydroxyl groups is 1. The molecule has 0 aromatic heterocycles. The second-order valence-electron chi connectivity index (χ2n) is 6.56. The molecule has 3 nitrogen and oxygen atoms in total. The Morgan fingerprint density at radius 3 is 2.48 bits per heavy atom. The molecule has 5 heteroatoms. The van der Waals surface area contributed by atoms with E-state index in [2.05, 4.69) is 0 Å². The maximum atomic E-state index is 13.1. The molecular weight excluding hydrogens is 341 g/mol. The summed E-state index contributed by atoms with van der Waals surface area (Å²) in [6.07, 6.45) is 3.97. The number of halogens is 2. The van der Waals surface area contributed by atoms with Crippen LogP contribution in [-0.2, 0) is 6.42 Å². The van der Waals surface area contributed by atoms with Crippen LogP contribution >= 0.6 is 11.6 Å². The van der Waals surface area contributed by atoms with Crippen LogP contribution in [0.5, 0.6) is 5.75 Å². The van der Waals surface area contributed by atoms with E-state index >= 15 is 0 Å². The predicted octanol–water partition coefficient (Wildman–Crippen LogP) is 4.67. The number of aryl methyl sites for hydroxylation is 1. The number of likely N-dealkylation sites (tertiary alicyclic amines) is 1. The van der Waals surface area contributed by atoms with Gasteiger partial charge in [-0.1, -0.05) is 23.7 Å². The summed E-state index contributed by atoms with van der Waals surface area (Å²) in [5.41, 5.74) is 1.58. The molecule has 0 aliphatic carbocycles. The van der Waals surface area contributed by atoms with E-state index in [-0.39, 0.29) is 16.7 Å². The maximum Gasteiger partial charge on any atom is 0.255 e. The van der Waals surface area contributed by atoms with E-state index in [1.807, 2.05) is 12.1 Å². The van der Waals surface area contributed by atoms with Crippen molar-refractivity contribution in [3.05, 3.63) is 64.4 Å². The summed E-state index contributed by atoms with van der Waals surface area (Å²) in [6.45, 7) is 1.40. The van der Waals surface area contributed by atoms with Crippen LogP contribution in [0.15, 0.2) is 42.5 Å². The molecule has 132 valence electrons. The van der Waals surface area contributed by atoms with Crippen molar-refractivity contribution in [1.82, 2.24) is 4.90 Å². The second-order valence-corrected chi connectivity index (χ2v) is 6.97. The van der Waals surface area contributed by atoms with E-state index < -0.39 is 5.82 Å². The summed E-state index contributed by atoms with van der Waals surface area (Å²) in [6, 6.07) is 11.2. The van der Waals surface area contributed by atoms with Crippen molar-refractivity contribution < 1.29 is 14.3 Å². The molecule has 2 aromatic rings. The first-order chi connectivity index (χ1) is 12.0. The van der Waals surface area contributed by atoms with Gasteiger partial charge in [0.1, 0.15) is 11.6 Å². The Bertz CT molecular complexity index is 740. The van der Waals surface area contributed by atoms with E-state index in [9.17, 15) is 14.3 Å². The molecule has 1 N–H and O–H groups in total. The molecule has 0 unspecified atom stereocenters. The molecule has 2 aromatic carbocycles. The molecule has 0 atom stereocenters. The van der Waals surface area contributed by atoms with Crippen LogP contribution in [0.1, 0.15) is 35.2 Å². The number of rotatable bonds is 4. The van der Waals surface area contributed by atoms with Gasteiger partial charge in [0.15, 0.2) is 0 Å². The molecule has 3 rings (SSSR count). The van der Waals surface area contributed by atoms with Crippen LogP contribution in [-0.4, -0.2) is 29.0 Å². The van der Waals surface area contributed by atoms with Crippen molar-refractivity contribution in [1.29, 1.82) is 0 Å². The molecule has 1 amide bonds. The van der Waals surface area contributed by atoms with Crippen LogP contribution in [0.4, 0.5) is 4.39 Å². The smallest absolute Gasteiger partial charge is 0.255 e. The van der Waals surface area contributed by atoms with Gasteiger partial charge in [0, 0.05) is 13.1 Å². The fourth-order valence-electron chi connectivity index (χ4n) is 3.29. The highest BCUT2D eigenvalue weighted by molar-refractivity contribution is 6.33. The van der Waals surface area contributed by atoms with E-state index in [0.717, 1.165) is 25.7 Å². The van der Waals surface area contributed by atoms with Gasteiger partial charge >= 0.3 is 0 Å². The van der Waals surface area contributed by atoms with Crippen molar-refractivity contribution in [3.8, 4) is 5.75 Å². The topological polar surface area (TPSA) is 40.5 Å². The molecule has 1 aliphatic heterocycles. The molecule has 1 saturated heterocycles. The number of amides is 1. The number of carbonyl (C=O) groups is 1. The van der Waals surface area contributed by atoms with Crippen LogP contribution < -0.4 is 0 Å². The second kappa shape index (κ2) is 7.87. The lowest BCUT2D eigenvalue weighted by molar-refractivity contribution is 0.0687. The average Bonchev–Trinajstić information content (AvgIpc) is 2.61. The molecule has 0 bridgehead atoms. The summed E-state index contributed by atoms with van der Waals surface area (Å²) >= 11 is 6.00. The lowest BCUT2D eigenvalue weighted by atomic mass is 9.90. The highest BCUT2D eigenvalue weighted by Crippen LogP contribution is 2.26. The van der Waals surface area contributed by atoms with E-state index in [0.29, 0.717) is 24.6 Å². The number of phenolic OH excluding ortho intramolecular Hbond substituents is 1. The monoisotopic (exact) mass is 361 g/mol. The van der Waals surface area contributed by atoms with Gasteiger partial charge < -0.3 is 10.0 Å². The van der Waals surface area contributed by atoms with Gasteiger partial charge in [-0.15, -0.1) is 0 Å². The van der Waals surface area contributed by atoms with Gasteiger partial charge in [-0.25, -0.2) is 4.39 Å². The van der Waals surface area contributed by atoms with Crippen molar-refractivity contribution in [3.63, 3.8) is 0 Å². The van der Waals surface area contributed by atoms with E-state index in [4.69, 9.17) is 11.6 Å². The zero-order valence-electron chi connectivity index (χ0n) is 13.9. The highest BCUT2D eigenvalue weighted by atomic mass is 35.5. The van der Waals surface area contributed by atoms with Crippen molar-refractivity contribution >= 4 is 17.5 Å². The van der Waals surface area contributed by atoms with Gasteiger partial charge in [-0.3, -0.25) is 4.79 Å². The SMILES string of the molecule is O=C(c1ccc(F)cc1Cl)N1CCC(CCc2ccc(O)cc2)CC1. The predicted molar refractivity (Wildman–Crippen MR) is 96.5 cm³/mol. The Balaban J connectivity index is 1.51. The Labute approximate surface area is 152 Å². The molecule has 1 fully saturated rings. The number of piperidine rings is 1. The third kappa shape index (κ3) is 4.51. The first-order valence-electron chi connectivity index (χ1n) is 8.55. The lowest BCUT2D eigenvalue weighted by Crippen LogP contribution is -2.38. The summed E-state index contributed by atoms with van der Waals surface area (Å²) in [5.74, 6) is 0.313. The number of nitrogens with zero attached hydrogens (tertiary/aromatic N) is 1. The summed E-state index contributed by atoms with van der Waals surface area (Å²) in [4.78, 5) is 14.3. The molecule has 25 heavy (non-hydrogen) atoms. The zero-order valence-corrected chi connectivity index (χ0v) is 14.7. The normalized spacial score (nSPS) is 15.4. The molecule has 1 heterocycles. The minimum absolute atomic E-state index is 0.123. The Morgan fingerprint density at radius 1 is 1.16 bits per heavy atom. The van der Waals surface area contributed by atoms with Crippen LogP contribution in [0.2, 0.25) is 5.02 Å². The Kier molecular flexibility index (Phi) is 5.59. The quantitative estimate of drug-likeness (QED) is 0.859. The fourth-order valence-corrected chi connectivity index (χ4v) is 3.54. The number of hydrogen-bond acceptors (Lipinski definition) is 2. The van der Waals surface area contributed by atoms with E-state index in [1.54, 1.807) is 17.0 Å². The number of phenols is 1. The molecule has 0 radical (unpaired) electrons. The van der Waals surface area contributed by atoms with Gasteiger partial charge in [0.05, 0.1) is 10.6 Å². The van der Waals surface area contributed by atoms with Crippen LogP contribution in [0.3, 0.4) is 0 Å². The molecule has 0 spiro atoms. The first-order valence-corrected chi connectivity index (χ1v) is 8.93. The van der Waals surface area contributed by atoms with Crippen molar-refractivity contribution in [2.24, 2.45) is 5.92 Å². The third-order valence-corrected chi connectivity index (χ3v) is 5.15. The van der Waals surface area contributed by atoms with Gasteiger partial charge in [0.25, 0.3) is 5.91 Å². The van der Waals surface area contributed by atoms with E-state index in [1.165, 1.54) is 23.8 Å². The summed E-state index contributed by atoms with van der Waals surface area (Å²) in [7, 11) is 0. The largest absolute Gasteiger partial charge is 0.508 e. The number of carbonyl (C=O) groups excluding carboxylic acids is 1. The first kappa shape index (κ1) is 17.7. The summed E-state index contributed by atoms with van der Waals surface area (Å²) < 4.78 is 13.1. The Hall–Kier alpha value is -2.07. The minimum Gasteiger partial charge on any atom is -0.508 e. The lowest BCUT2D eigenvalue weighted by Gasteiger charge is -2.32. The molecule has 0 saturated carbocycles. The minimum atomic E-state index is -0.436. The number of hydrogen-bond donors (Lipinski definition) is 1. The van der Waals surface area contributed by atoms with Crippen LogP contribution in [0.25, 0.3) is 0 Å². The molecular formula is C20H21ClFNO2. The van der Waals surface area contributed by atoms with Crippen molar-refractivity contribution in [2.75, 3.05) is 13.1 Å². The zero-order chi connectivity index (χ0) is 17.8. The standard InChI is InChI=1S/C20H21ClFNO2/c21-19-13-16(22)5-8-18(19)20(25)23-11-9-15(10-12-23)2-1-14-3-6-17(24)7-4-14/h3-8,13,15,24H,1-2,9-12H2. The summed E-state index contributed by atoms with van der Waals surface area (Å²) in [5, 5.41) is 9.48. The Morgan fingerprint density at radius 2 is 1.84 bits per heavy atom. The molecule has 1 aliphatic rings. The number of benzene rings is 2. The average molecular weight is 362 g/mol. The van der Waals surface area contributed by atoms with Gasteiger partial charge in [-0.05, 0) is 67.5 Å². The highest BCUT2D eigenvalue weighted by Gasteiger charge is 2.24. The van der Waals surface area contributed by atoms with Crippen LogP contribution in [0, 0.1) is 11.7 Å². The third-order valence-electron chi connectivity index (χ3n) is 4.84. The van der Waals surface area contributed by atoms with Crippen molar-refractivity contribution in [2.45, 2.75) is 25.7 Å². The maximum absolute atomic E-state index is 13.1. The van der Waals surface area contributed by atoms with Gasteiger partial charge in [0.2, 0.25) is 0 Å². The van der Waals surface area contributed by atoms with Gasteiger partial charge in [-0.2, -0.15) is 0 Å². The fraction of sp³-hybridized carbons (Fsp3) is 0.350.